The lowest BCUT2D eigenvalue weighted by Gasteiger charge is -2.19. The second kappa shape index (κ2) is 6.72. The molecular formula is C17H21ClN6S. The van der Waals surface area contributed by atoms with E-state index in [0.29, 0.717) is 21.9 Å². The summed E-state index contributed by atoms with van der Waals surface area (Å²) >= 11 is 7.48. The van der Waals surface area contributed by atoms with E-state index in [0.717, 1.165) is 11.4 Å². The first-order chi connectivity index (χ1) is 11.8. The van der Waals surface area contributed by atoms with Gasteiger partial charge in [0.15, 0.2) is 5.82 Å². The van der Waals surface area contributed by atoms with E-state index in [1.165, 1.54) is 22.0 Å². The lowest BCUT2D eigenvalue weighted by molar-refractivity contribution is 0.590. The Hall–Kier alpha value is -1.99. The van der Waals surface area contributed by atoms with E-state index < -0.39 is 0 Å². The minimum atomic E-state index is 0.110. The topological polar surface area (TPSA) is 74.5 Å². The second-order valence-corrected chi connectivity index (χ2v) is 8.18. The van der Waals surface area contributed by atoms with E-state index in [-0.39, 0.29) is 5.41 Å². The molecule has 8 heteroatoms. The highest BCUT2D eigenvalue weighted by molar-refractivity contribution is 7.98. The van der Waals surface area contributed by atoms with Crippen LogP contribution in [0.5, 0.6) is 0 Å². The van der Waals surface area contributed by atoms with Crippen LogP contribution in [0.25, 0.3) is 11.4 Å². The number of hydrogen-bond acceptors (Lipinski definition) is 5. The van der Waals surface area contributed by atoms with Gasteiger partial charge >= 0.3 is 0 Å². The summed E-state index contributed by atoms with van der Waals surface area (Å²) in [5.41, 5.74) is 2.31. The molecule has 0 unspecified atom stereocenters. The van der Waals surface area contributed by atoms with Crippen LogP contribution in [-0.2, 0) is 18.2 Å². The maximum Gasteiger partial charge on any atom is 0.210 e. The minimum absolute atomic E-state index is 0.110. The van der Waals surface area contributed by atoms with Crippen molar-refractivity contribution < 1.29 is 0 Å². The van der Waals surface area contributed by atoms with Crippen molar-refractivity contribution in [3.63, 3.8) is 0 Å². The van der Waals surface area contributed by atoms with Crippen molar-refractivity contribution in [1.29, 1.82) is 0 Å². The van der Waals surface area contributed by atoms with Crippen molar-refractivity contribution in [1.82, 2.24) is 24.4 Å². The van der Waals surface area contributed by atoms with Crippen LogP contribution in [0.4, 0.5) is 0 Å². The Morgan fingerprint density at radius 3 is 2.40 bits per heavy atom. The van der Waals surface area contributed by atoms with Crippen LogP contribution in [0.3, 0.4) is 0 Å². The Morgan fingerprint density at radius 1 is 1.16 bits per heavy atom. The molecule has 2 heterocycles. The Labute approximate surface area is 156 Å². The van der Waals surface area contributed by atoms with Gasteiger partial charge in [-0.3, -0.25) is 0 Å². The minimum Gasteiger partial charge on any atom is -0.335 e. The fourth-order valence-corrected chi connectivity index (χ4v) is 3.38. The third kappa shape index (κ3) is 3.67. The lowest BCUT2D eigenvalue weighted by atomic mass is 9.87. The van der Waals surface area contributed by atoms with Gasteiger partial charge in [0.1, 0.15) is 11.0 Å². The number of thioether (sulfide) groups is 1. The Balaban J connectivity index is 1.78. The summed E-state index contributed by atoms with van der Waals surface area (Å²) in [5.74, 6) is 8.29. The molecule has 1 aromatic carbocycles. The predicted octanol–water partition coefficient (Wildman–Crippen LogP) is 3.64. The number of rotatable bonds is 4. The third-order valence-corrected chi connectivity index (χ3v) is 5.32. The molecule has 0 atom stereocenters. The maximum atomic E-state index is 6.18. The van der Waals surface area contributed by atoms with Crippen LogP contribution < -0.4 is 5.84 Å². The molecule has 0 fully saturated rings. The molecule has 0 saturated carbocycles. The molecule has 6 nitrogen and oxygen atoms in total. The van der Waals surface area contributed by atoms with E-state index in [2.05, 4.69) is 48.1 Å². The van der Waals surface area contributed by atoms with E-state index in [9.17, 15) is 0 Å². The number of nitrogen functional groups attached to an aromatic ring is 1. The van der Waals surface area contributed by atoms with Crippen LogP contribution in [-0.4, -0.2) is 24.4 Å². The number of hydrogen-bond donors (Lipinski definition) is 1. The van der Waals surface area contributed by atoms with Crippen molar-refractivity contribution in [2.45, 2.75) is 37.1 Å². The molecule has 0 spiro atoms. The number of nitrogens with two attached hydrogens (primary N) is 1. The predicted molar refractivity (Wildman–Crippen MR) is 102 cm³/mol. The average molecular weight is 377 g/mol. The molecule has 0 amide bonds. The smallest absolute Gasteiger partial charge is 0.210 e. The van der Waals surface area contributed by atoms with Crippen LogP contribution in [0.2, 0.25) is 5.15 Å². The molecule has 2 N–H and O–H groups in total. The van der Waals surface area contributed by atoms with Crippen molar-refractivity contribution in [2.75, 3.05) is 5.84 Å². The van der Waals surface area contributed by atoms with E-state index in [4.69, 9.17) is 17.4 Å². The van der Waals surface area contributed by atoms with Crippen LogP contribution >= 0.6 is 23.4 Å². The molecule has 0 aliphatic rings. The first kappa shape index (κ1) is 17.8. The number of benzene rings is 1. The van der Waals surface area contributed by atoms with Crippen LogP contribution in [0, 0.1) is 0 Å². The number of nitrogens with zero attached hydrogens (tertiary/aromatic N) is 5. The first-order valence-electron chi connectivity index (χ1n) is 7.87. The summed E-state index contributed by atoms with van der Waals surface area (Å²) in [6, 6.07) is 8.27. The van der Waals surface area contributed by atoms with Gasteiger partial charge in [0.05, 0.1) is 11.9 Å². The van der Waals surface area contributed by atoms with Gasteiger partial charge in [0.2, 0.25) is 5.16 Å². The second-order valence-electron chi connectivity index (χ2n) is 6.85. The van der Waals surface area contributed by atoms with Gasteiger partial charge in [-0.15, -0.1) is 10.2 Å². The molecule has 0 aliphatic carbocycles. The van der Waals surface area contributed by atoms with Gasteiger partial charge in [0, 0.05) is 12.6 Å². The zero-order valence-electron chi connectivity index (χ0n) is 14.7. The summed E-state index contributed by atoms with van der Waals surface area (Å²) in [7, 11) is 1.88. The fraction of sp³-hybridized carbons (Fsp3) is 0.353. The van der Waals surface area contributed by atoms with E-state index in [1.54, 1.807) is 6.20 Å². The van der Waals surface area contributed by atoms with Gasteiger partial charge in [-0.2, -0.15) is 0 Å². The summed E-state index contributed by atoms with van der Waals surface area (Å²) in [4.78, 5) is 4.27. The molecule has 3 aromatic rings. The standard InChI is InChI=1S/C17H21ClN6S/c1-17(2,3)12-7-5-11(6-8-12)15-21-22-16(24(15)19)25-10-14-20-9-13(18)23(14)4/h5-9H,10,19H2,1-4H3. The number of aromatic nitrogens is 5. The summed E-state index contributed by atoms with van der Waals surface area (Å²) in [6.07, 6.45) is 1.63. The molecular weight excluding hydrogens is 356 g/mol. The Kier molecular flexibility index (Phi) is 4.79. The normalized spacial score (nSPS) is 11.9. The van der Waals surface area contributed by atoms with Crippen LogP contribution in [0.15, 0.2) is 35.6 Å². The Morgan fingerprint density at radius 2 is 1.84 bits per heavy atom. The summed E-state index contributed by atoms with van der Waals surface area (Å²) in [6.45, 7) is 6.56. The quantitative estimate of drug-likeness (QED) is 0.555. The molecule has 0 aliphatic heterocycles. The lowest BCUT2D eigenvalue weighted by Crippen LogP contribution is -2.13. The summed E-state index contributed by atoms with van der Waals surface area (Å²) in [5, 5.41) is 9.66. The fourth-order valence-electron chi connectivity index (χ4n) is 2.38. The zero-order chi connectivity index (χ0) is 18.2. The molecule has 0 saturated heterocycles. The number of halogens is 1. The van der Waals surface area contributed by atoms with E-state index >= 15 is 0 Å². The van der Waals surface area contributed by atoms with Gasteiger partial charge in [-0.25, -0.2) is 9.66 Å². The SMILES string of the molecule is Cn1c(Cl)cnc1CSc1nnc(-c2ccc(C(C)(C)C)cc2)n1N. The highest BCUT2D eigenvalue weighted by atomic mass is 35.5. The average Bonchev–Trinajstić information content (AvgIpc) is 3.09. The Bertz CT molecular complexity index is 876. The van der Waals surface area contributed by atoms with Crippen molar-refractivity contribution in [3.05, 3.63) is 47.0 Å². The van der Waals surface area contributed by atoms with Gasteiger partial charge < -0.3 is 10.4 Å². The largest absolute Gasteiger partial charge is 0.335 e. The van der Waals surface area contributed by atoms with Crippen molar-refractivity contribution in [2.24, 2.45) is 7.05 Å². The molecule has 132 valence electrons. The highest BCUT2D eigenvalue weighted by Crippen LogP contribution is 2.27. The number of imidazole rings is 1. The zero-order valence-corrected chi connectivity index (χ0v) is 16.3. The third-order valence-electron chi connectivity index (χ3n) is 4.03. The highest BCUT2D eigenvalue weighted by Gasteiger charge is 2.16. The van der Waals surface area contributed by atoms with Gasteiger partial charge in [0.25, 0.3) is 0 Å². The van der Waals surface area contributed by atoms with Crippen molar-refractivity contribution >= 4 is 23.4 Å². The summed E-state index contributed by atoms with van der Waals surface area (Å²) < 4.78 is 3.35. The maximum absolute atomic E-state index is 6.18. The molecule has 25 heavy (non-hydrogen) atoms. The van der Waals surface area contributed by atoms with Gasteiger partial charge in [-0.1, -0.05) is 68.4 Å². The van der Waals surface area contributed by atoms with Crippen molar-refractivity contribution in [3.8, 4) is 11.4 Å². The molecule has 3 rings (SSSR count). The first-order valence-corrected chi connectivity index (χ1v) is 9.24. The molecule has 2 aromatic heterocycles. The molecule has 0 bridgehead atoms. The van der Waals surface area contributed by atoms with Gasteiger partial charge in [-0.05, 0) is 11.0 Å². The monoisotopic (exact) mass is 376 g/mol. The molecule has 0 radical (unpaired) electrons. The van der Waals surface area contributed by atoms with E-state index in [1.807, 2.05) is 23.7 Å². The van der Waals surface area contributed by atoms with Crippen LogP contribution in [0.1, 0.15) is 32.2 Å².